The Morgan fingerprint density at radius 1 is 0.928 bits per heavy atom. The third-order valence-corrected chi connectivity index (χ3v) is 16.3. The zero-order valence-corrected chi connectivity index (χ0v) is 49.7. The first-order valence-corrected chi connectivity index (χ1v) is 29.4. The third kappa shape index (κ3) is 18.0. The van der Waals surface area contributed by atoms with Crippen molar-refractivity contribution in [3.8, 4) is 40.2 Å². The summed E-state index contributed by atoms with van der Waals surface area (Å²) in [6.07, 6.45) is 12.2. The second kappa shape index (κ2) is 31.7. The average Bonchev–Trinajstić information content (AvgIpc) is 2.37. The van der Waals surface area contributed by atoms with Crippen molar-refractivity contribution in [2.75, 3.05) is 126 Å². The number of carboxylic acids is 1. The number of terminal acetylenes is 1. The minimum absolute atomic E-state index is 0.0388. The quantitative estimate of drug-likeness (QED) is 0.0407. The van der Waals surface area contributed by atoms with E-state index in [0.717, 1.165) is 61.5 Å². The summed E-state index contributed by atoms with van der Waals surface area (Å²) in [7, 11) is 3.74. The van der Waals surface area contributed by atoms with Crippen molar-refractivity contribution in [2.45, 2.75) is 71.7 Å². The largest absolute Gasteiger partial charge is 0.490 e. The van der Waals surface area contributed by atoms with Gasteiger partial charge in [0.15, 0.2) is 11.6 Å². The summed E-state index contributed by atoms with van der Waals surface area (Å²) in [6.45, 7) is 15.8. The maximum absolute atomic E-state index is 14.4. The fourth-order valence-electron chi connectivity index (χ4n) is 9.90. The lowest BCUT2D eigenvalue weighted by Gasteiger charge is -2.34. The van der Waals surface area contributed by atoms with Gasteiger partial charge >= 0.3 is 5.97 Å². The van der Waals surface area contributed by atoms with Crippen molar-refractivity contribution in [3.63, 3.8) is 0 Å². The first-order chi connectivity index (χ1) is 40.3. The van der Waals surface area contributed by atoms with Crippen molar-refractivity contribution in [1.82, 2.24) is 29.7 Å². The van der Waals surface area contributed by atoms with Crippen LogP contribution in [0.2, 0.25) is 0 Å². The van der Waals surface area contributed by atoms with Crippen LogP contribution in [0.5, 0.6) is 17.4 Å². The molecule has 3 aromatic heterocycles. The van der Waals surface area contributed by atoms with Crippen LogP contribution in [0.1, 0.15) is 69.1 Å². The van der Waals surface area contributed by atoms with Crippen LogP contribution in [0.15, 0.2) is 83.5 Å². The Morgan fingerprint density at radius 3 is 2.28 bits per heavy atom. The summed E-state index contributed by atoms with van der Waals surface area (Å²) in [6, 6.07) is 13.2. The van der Waals surface area contributed by atoms with E-state index in [9.17, 15) is 14.3 Å². The number of aromatic nitrogens is 4. The molecule has 446 valence electrons. The van der Waals surface area contributed by atoms with Crippen molar-refractivity contribution in [1.29, 1.82) is 0 Å². The van der Waals surface area contributed by atoms with Crippen LogP contribution in [-0.4, -0.2) is 179 Å². The number of likely N-dealkylation sites (N-methyl/N-ethyl adjacent to an activating group) is 1. The molecule has 1 N–H and O–H groups in total. The molecule has 5 heterocycles. The maximum Gasteiger partial charge on any atom is 0.345 e. The summed E-state index contributed by atoms with van der Waals surface area (Å²) in [5.74, 6) is 2.73. The van der Waals surface area contributed by atoms with Gasteiger partial charge in [-0.1, -0.05) is 43.7 Å². The average molecular weight is 1180 g/mol. The van der Waals surface area contributed by atoms with Gasteiger partial charge in [-0.2, -0.15) is 0 Å². The number of allylic oxidation sites excluding steroid dienone is 6. The molecule has 8 rings (SSSR count). The number of hydrogen-bond acceptors (Lipinski definition) is 18. The SMILES string of the molecule is C#C/C1=C(Cl)\C(C)=C(/CC)c2c(-c3ccc(F)cc3)sc3ncnc(c23)O[C@@H](C(=O)O)Cc2cc(ccc2OCc2ccnc(C3=CC[C@](C)(COCCOCCOCCOCCOCCOC)CC3)n2)OC[C@@H](CN2CCN(C)CC2)O1. The zero-order valence-electron chi connectivity index (χ0n) is 48.1. The number of methoxy groups -OCH3 is 1. The molecule has 5 aromatic rings. The number of hydrogen-bond donors (Lipinski definition) is 1. The number of fused-ring (bicyclic) bond motifs is 2. The molecular weight excluding hydrogens is 1110 g/mol. The van der Waals surface area contributed by atoms with Crippen LogP contribution < -0.4 is 14.2 Å². The second-order valence-electron chi connectivity index (χ2n) is 20.9. The number of thiophene rings is 1. The van der Waals surface area contributed by atoms with E-state index in [2.05, 4.69) is 50.7 Å². The van der Waals surface area contributed by atoms with Crippen molar-refractivity contribution >= 4 is 50.3 Å². The predicted octanol–water partition coefficient (Wildman–Crippen LogP) is 9.54. The number of aliphatic carboxylic acids is 1. The molecule has 0 spiro atoms. The van der Waals surface area contributed by atoms with Gasteiger partial charge in [-0.3, -0.25) is 4.90 Å². The van der Waals surface area contributed by atoms with E-state index in [1.807, 2.05) is 13.8 Å². The Morgan fingerprint density at radius 2 is 1.63 bits per heavy atom. The summed E-state index contributed by atoms with van der Waals surface area (Å²) >= 11 is 8.67. The minimum Gasteiger partial charge on any atom is -0.490 e. The first-order valence-electron chi connectivity index (χ1n) is 28.2. The molecular formula is C62H76ClFN6O12S. The summed E-state index contributed by atoms with van der Waals surface area (Å²) in [5, 5.41) is 11.7. The highest BCUT2D eigenvalue weighted by molar-refractivity contribution is 7.22. The number of carbonyl (C=O) groups is 1. The molecule has 21 heteroatoms. The van der Waals surface area contributed by atoms with Crippen LogP contribution in [0.3, 0.4) is 0 Å². The number of rotatable bonds is 26. The number of nitrogens with zero attached hydrogens (tertiary/aromatic N) is 6. The van der Waals surface area contributed by atoms with Crippen LogP contribution in [-0.2, 0) is 51.0 Å². The van der Waals surface area contributed by atoms with Gasteiger partial charge in [0, 0.05) is 68.5 Å². The first kappa shape index (κ1) is 62.9. The molecule has 18 nitrogen and oxygen atoms in total. The normalized spacial score (nSPS) is 21.1. The van der Waals surface area contributed by atoms with E-state index in [1.54, 1.807) is 49.7 Å². The van der Waals surface area contributed by atoms with Gasteiger partial charge < -0.3 is 57.4 Å². The lowest BCUT2D eigenvalue weighted by Crippen LogP contribution is -2.48. The fourth-order valence-corrected chi connectivity index (χ4v) is 11.3. The van der Waals surface area contributed by atoms with Crippen molar-refractivity contribution in [3.05, 3.63) is 112 Å². The fraction of sp³-hybridized carbons (Fsp3) is 0.500. The van der Waals surface area contributed by atoms with Crippen LogP contribution >= 0.6 is 22.9 Å². The van der Waals surface area contributed by atoms with E-state index in [-0.39, 0.29) is 41.7 Å². The smallest absolute Gasteiger partial charge is 0.345 e. The van der Waals surface area contributed by atoms with Gasteiger partial charge in [-0.15, -0.1) is 17.8 Å². The molecule has 3 atom stereocenters. The minimum atomic E-state index is -1.47. The van der Waals surface area contributed by atoms with E-state index in [0.29, 0.717) is 141 Å². The van der Waals surface area contributed by atoms with Crippen molar-refractivity contribution < 1.29 is 61.7 Å². The Kier molecular flexibility index (Phi) is 24.0. The molecule has 0 amide bonds. The molecule has 83 heavy (non-hydrogen) atoms. The predicted molar refractivity (Wildman–Crippen MR) is 316 cm³/mol. The highest BCUT2D eigenvalue weighted by Crippen LogP contribution is 2.48. The summed E-state index contributed by atoms with van der Waals surface area (Å²) in [4.78, 5) is 38.1. The van der Waals surface area contributed by atoms with Crippen molar-refractivity contribution in [2.24, 2.45) is 5.41 Å². The summed E-state index contributed by atoms with van der Waals surface area (Å²) < 4.78 is 73.9. The molecule has 0 radical (unpaired) electrons. The Balaban J connectivity index is 0.983. The monoisotopic (exact) mass is 1180 g/mol. The topological polar surface area (TPSA) is 188 Å². The molecule has 1 saturated heterocycles. The van der Waals surface area contributed by atoms with Crippen LogP contribution in [0.4, 0.5) is 4.39 Å². The lowest BCUT2D eigenvalue weighted by molar-refractivity contribution is -0.145. The van der Waals surface area contributed by atoms with Gasteiger partial charge in [0.25, 0.3) is 0 Å². The number of ether oxygens (including phenoxy) is 10. The molecule has 3 aliphatic rings. The highest BCUT2D eigenvalue weighted by Gasteiger charge is 2.32. The number of halogens is 2. The van der Waals surface area contributed by atoms with Gasteiger partial charge in [-0.25, -0.2) is 29.1 Å². The van der Waals surface area contributed by atoms with E-state index in [4.69, 9.17) is 70.4 Å². The van der Waals surface area contributed by atoms with Gasteiger partial charge in [0.05, 0.1) is 88.8 Å². The van der Waals surface area contributed by atoms with Gasteiger partial charge in [-0.05, 0) is 110 Å². The number of piperazine rings is 1. The van der Waals surface area contributed by atoms with E-state index >= 15 is 0 Å². The van der Waals surface area contributed by atoms with Gasteiger partial charge in [0.1, 0.15) is 47.8 Å². The Labute approximate surface area is 494 Å². The second-order valence-corrected chi connectivity index (χ2v) is 22.3. The molecule has 1 fully saturated rings. The molecule has 0 saturated carbocycles. The third-order valence-electron chi connectivity index (χ3n) is 14.7. The lowest BCUT2D eigenvalue weighted by atomic mass is 9.77. The maximum atomic E-state index is 14.4. The molecule has 2 aromatic carbocycles. The van der Waals surface area contributed by atoms with Crippen LogP contribution in [0.25, 0.3) is 31.8 Å². The van der Waals surface area contributed by atoms with E-state index < -0.39 is 24.0 Å². The molecule has 2 bridgehead atoms. The zero-order chi connectivity index (χ0) is 58.6. The summed E-state index contributed by atoms with van der Waals surface area (Å²) in [5.41, 5.74) is 4.85. The number of carboxylic acid groups (broad SMARTS) is 1. The Bertz CT molecular complexity index is 3070. The molecule has 1 aliphatic carbocycles. The number of benzene rings is 2. The van der Waals surface area contributed by atoms with Crippen LogP contribution in [0, 0.1) is 23.6 Å². The molecule has 2 aliphatic heterocycles. The highest BCUT2D eigenvalue weighted by atomic mass is 35.5. The Hall–Kier alpha value is -6.09. The standard InChI is InChI=1S/C62H76ClFN6O12S/c1-7-50-42(3)56(63)51(8-2)81-49(37-70-23-21-69(5)22-24-70)39-79-48-13-14-52(45(35-48)36-53(61(71)72)82-59-55-54(50)57(83-60(55)67-41-66-59)43-9-11-46(64)12-10-43)80-38-47-17-20-65-58(68-47)44-15-18-62(4,19-16-44)40-78-34-33-77-32-31-76-30-29-75-28-27-74-26-25-73-6/h2,9-15,17,20,35,41,49,53H,7,16,18-19,21-34,36-40H2,1,3-6H3,(H,71,72)/b50-42+,56-51-/t49-,53-,62+/m1/s1. The molecule has 0 unspecified atom stereocenters. The van der Waals surface area contributed by atoms with Gasteiger partial charge in [0.2, 0.25) is 12.0 Å². The van der Waals surface area contributed by atoms with E-state index in [1.165, 1.54) is 29.8 Å².